The van der Waals surface area contributed by atoms with Crippen molar-refractivity contribution in [2.24, 2.45) is 11.8 Å². The average molecular weight is 1380 g/mol. The summed E-state index contributed by atoms with van der Waals surface area (Å²) in [5.41, 5.74) is -0.505. The van der Waals surface area contributed by atoms with Crippen LogP contribution in [0.2, 0.25) is 0 Å². The minimum absolute atomic E-state index is 0.0164. The molecular formula is C80H60F4N4O14. The van der Waals surface area contributed by atoms with Gasteiger partial charge in [-0.05, 0) is 184 Å². The molecular weight excluding hydrogens is 1320 g/mol. The molecule has 13 rings (SSSR count). The Morgan fingerprint density at radius 1 is 0.373 bits per heavy atom. The van der Waals surface area contributed by atoms with Gasteiger partial charge in [0.25, 0.3) is 23.6 Å². The van der Waals surface area contributed by atoms with Gasteiger partial charge < -0.3 is 39.1 Å². The van der Waals surface area contributed by atoms with Crippen molar-refractivity contribution in [3.05, 3.63) is 240 Å². The highest BCUT2D eigenvalue weighted by Crippen LogP contribution is 2.58. The maximum Gasteiger partial charge on any atom is 0.338 e. The van der Waals surface area contributed by atoms with E-state index in [1.807, 2.05) is 0 Å². The Labute approximate surface area is 579 Å². The minimum atomic E-state index is -1.58. The first-order chi connectivity index (χ1) is 48.8. The van der Waals surface area contributed by atoms with Crippen LogP contribution in [0.15, 0.2) is 194 Å². The summed E-state index contributed by atoms with van der Waals surface area (Å²) in [6.45, 7) is 17.3. The van der Waals surface area contributed by atoms with Gasteiger partial charge >= 0.3 is 11.9 Å². The summed E-state index contributed by atoms with van der Waals surface area (Å²) in [7, 11) is 0. The number of fused-ring (bicyclic) bond motifs is 2. The van der Waals surface area contributed by atoms with Gasteiger partial charge in [0, 0.05) is 77.7 Å². The lowest BCUT2D eigenvalue weighted by atomic mass is 9.80. The molecule has 11 aromatic rings. The van der Waals surface area contributed by atoms with E-state index in [1.165, 1.54) is 135 Å². The van der Waals surface area contributed by atoms with Crippen molar-refractivity contribution in [1.29, 1.82) is 0 Å². The van der Waals surface area contributed by atoms with E-state index in [1.54, 1.807) is 27.7 Å². The lowest BCUT2D eigenvalue weighted by Crippen LogP contribution is -2.52. The van der Waals surface area contributed by atoms with E-state index < -0.39 is 82.7 Å². The van der Waals surface area contributed by atoms with Crippen LogP contribution < -0.4 is 39.1 Å². The average Bonchev–Trinajstić information content (AvgIpc) is 0.671. The first-order valence-electron chi connectivity index (χ1n) is 32.2. The van der Waals surface area contributed by atoms with Gasteiger partial charge in [0.05, 0.1) is 22.3 Å². The van der Waals surface area contributed by atoms with E-state index in [-0.39, 0.29) is 170 Å². The van der Waals surface area contributed by atoms with Gasteiger partial charge in [-0.25, -0.2) is 27.2 Å². The molecule has 2 aliphatic rings. The summed E-state index contributed by atoms with van der Waals surface area (Å²) in [6.07, 6.45) is -0.233. The second-order valence-electron chi connectivity index (χ2n) is 25.5. The Kier molecular flexibility index (Phi) is 18.1. The largest absolute Gasteiger partial charge is 0.457 e. The van der Waals surface area contributed by atoms with E-state index in [0.717, 1.165) is 58.3 Å². The Hall–Kier alpha value is -12.7. The standard InChI is InChI=1S/C80H60F4N4O14/c1-39(2)31-59(73(89)85-47-11-9-13-53(33-47)101-79(95)41(5)6)87-75(91)55-35-61(97-49-23-15-43(81)16-24-49)67-69-63(99-51-27-19-45(83)20-28-51)37-57-66-58(78(94)88(77(57)93)60(32-40(3)4)74(90)86-48-12-10-14-54(34-48)102-80(96)42(7)8)38-64(100-52-29-21-46(84)22-30-52)70(72(66)69)68-62(98-50-25-17-44(82)18-26-50)36-56(76(87)92)65(55)71(67)68/h9-30,33-40,59-60H,5,7,31-32H2,1-4,6,8H3,(H,85,89)(H,86,90). The predicted molar refractivity (Wildman–Crippen MR) is 372 cm³/mol. The van der Waals surface area contributed by atoms with Crippen molar-refractivity contribution in [3.8, 4) is 57.5 Å². The molecule has 2 unspecified atom stereocenters. The molecule has 2 N–H and O–H groups in total. The minimum Gasteiger partial charge on any atom is -0.457 e. The number of imide groups is 2. The molecule has 2 heterocycles. The Morgan fingerprint density at radius 2 is 0.637 bits per heavy atom. The van der Waals surface area contributed by atoms with Crippen molar-refractivity contribution in [2.75, 3.05) is 10.6 Å². The lowest BCUT2D eigenvalue weighted by Gasteiger charge is -2.36. The second kappa shape index (κ2) is 27.2. The summed E-state index contributed by atoms with van der Waals surface area (Å²) < 4.78 is 98.4. The van der Waals surface area contributed by atoms with Gasteiger partial charge in [-0.3, -0.25) is 38.6 Å². The normalized spacial score (nSPS) is 13.3. The van der Waals surface area contributed by atoms with Crippen LogP contribution >= 0.6 is 0 Å². The van der Waals surface area contributed by atoms with Crippen LogP contribution in [-0.4, -0.2) is 69.3 Å². The highest BCUT2D eigenvalue weighted by Gasteiger charge is 2.47. The van der Waals surface area contributed by atoms with Gasteiger partial charge in [0.15, 0.2) is 0 Å². The smallest absolute Gasteiger partial charge is 0.338 e. The van der Waals surface area contributed by atoms with Gasteiger partial charge in [-0.1, -0.05) is 53.0 Å². The van der Waals surface area contributed by atoms with Crippen LogP contribution in [0.1, 0.15) is 95.8 Å². The molecule has 0 saturated carbocycles. The maximum absolute atomic E-state index is 16.2. The van der Waals surface area contributed by atoms with E-state index >= 15 is 46.3 Å². The number of hydrogen-bond donors (Lipinski definition) is 2. The summed E-state index contributed by atoms with van der Waals surface area (Å²) in [6, 6.07) is 33.2. The number of carbonyl (C=O) groups is 8. The molecule has 22 heteroatoms. The summed E-state index contributed by atoms with van der Waals surface area (Å²) in [4.78, 5) is 122. The molecule has 0 aliphatic carbocycles. The summed E-state index contributed by atoms with van der Waals surface area (Å²) in [5.74, 6) is -11.4. The number of hydrogen-bond acceptors (Lipinski definition) is 14. The van der Waals surface area contributed by atoms with Crippen molar-refractivity contribution < 1.29 is 84.3 Å². The zero-order valence-electron chi connectivity index (χ0n) is 55.4. The number of nitrogens with one attached hydrogen (secondary N) is 2. The number of halogens is 4. The fourth-order valence-electron chi connectivity index (χ4n) is 12.6. The fourth-order valence-corrected chi connectivity index (χ4v) is 12.6. The summed E-state index contributed by atoms with van der Waals surface area (Å²) >= 11 is 0. The van der Waals surface area contributed by atoms with E-state index in [2.05, 4.69) is 23.8 Å². The SMILES string of the molecule is C=C(C)C(=O)Oc1cccc(NC(=O)C(CC(C)C)N2C(=O)c3cc(Oc4ccc(F)cc4)c4c5c(Oc6ccc(F)cc6)cc6c7c(cc(Oc8ccc(F)cc8)c(c8c(Oc9ccc(F)cc9)cc(c3c48)C2=O)c75)C(=O)N(C(CC(C)C)C(=O)Nc2cccc(OC(=O)C(=C)C)c2)C6=O)c1. The topological polar surface area (TPSA) is 222 Å². The number of esters is 2. The number of nitrogens with zero attached hydrogens (tertiary/aromatic N) is 2. The molecule has 11 aromatic carbocycles. The van der Waals surface area contributed by atoms with E-state index in [9.17, 15) is 9.59 Å². The van der Waals surface area contributed by atoms with Crippen molar-refractivity contribution >= 4 is 102 Å². The zero-order valence-corrected chi connectivity index (χ0v) is 55.4. The Balaban J connectivity index is 1.12. The molecule has 0 spiro atoms. The molecule has 2 atom stereocenters. The zero-order chi connectivity index (χ0) is 72.3. The second-order valence-corrected chi connectivity index (χ2v) is 25.5. The molecule has 0 saturated heterocycles. The van der Waals surface area contributed by atoms with Gasteiger partial charge in [0.1, 0.15) is 92.8 Å². The number of rotatable bonds is 22. The molecule has 6 amide bonds. The van der Waals surface area contributed by atoms with E-state index in [0.29, 0.717) is 0 Å². The Bertz CT molecular complexity index is 4820. The predicted octanol–water partition coefficient (Wildman–Crippen LogP) is 17.7. The van der Waals surface area contributed by atoms with Crippen LogP contribution in [0.4, 0.5) is 28.9 Å². The highest BCUT2D eigenvalue weighted by molar-refractivity contribution is 6.45. The number of carbonyl (C=O) groups excluding carboxylic acids is 8. The summed E-state index contributed by atoms with van der Waals surface area (Å²) in [5, 5.41) is 5.33. The van der Waals surface area contributed by atoms with Crippen molar-refractivity contribution in [1.82, 2.24) is 9.80 Å². The third-order valence-electron chi connectivity index (χ3n) is 17.1. The number of ether oxygens (including phenoxy) is 6. The molecule has 0 aromatic heterocycles. The number of benzene rings is 11. The molecule has 0 fully saturated rings. The van der Waals surface area contributed by atoms with Crippen LogP contribution in [0, 0.1) is 35.1 Å². The first-order valence-corrected chi connectivity index (χ1v) is 32.2. The van der Waals surface area contributed by atoms with Gasteiger partial charge in [0.2, 0.25) is 11.8 Å². The lowest BCUT2D eigenvalue weighted by molar-refractivity contribution is -0.130. The monoisotopic (exact) mass is 1380 g/mol. The third kappa shape index (κ3) is 13.0. The van der Waals surface area contributed by atoms with Crippen LogP contribution in [-0.2, 0) is 19.2 Å². The van der Waals surface area contributed by atoms with Crippen LogP contribution in [0.5, 0.6) is 57.5 Å². The molecule has 18 nitrogen and oxygen atoms in total. The van der Waals surface area contributed by atoms with Crippen molar-refractivity contribution in [2.45, 2.75) is 66.5 Å². The van der Waals surface area contributed by atoms with Gasteiger partial charge in [-0.2, -0.15) is 0 Å². The quantitative estimate of drug-likeness (QED) is 0.0123. The molecule has 2 aliphatic heterocycles. The third-order valence-corrected chi connectivity index (χ3v) is 17.1. The van der Waals surface area contributed by atoms with Crippen LogP contribution in [0.3, 0.4) is 0 Å². The number of anilines is 2. The molecule has 0 radical (unpaired) electrons. The number of amides is 6. The van der Waals surface area contributed by atoms with E-state index in [4.69, 9.17) is 28.4 Å². The molecule has 0 bridgehead atoms. The molecule has 102 heavy (non-hydrogen) atoms. The van der Waals surface area contributed by atoms with Gasteiger partial charge in [-0.15, -0.1) is 0 Å². The van der Waals surface area contributed by atoms with Crippen LogP contribution in [0.25, 0.3) is 43.1 Å². The first kappa shape index (κ1) is 67.8. The fraction of sp³-hybridized carbons (Fsp3) is 0.150. The Morgan fingerprint density at radius 3 is 0.882 bits per heavy atom. The van der Waals surface area contributed by atoms with Crippen molar-refractivity contribution in [3.63, 3.8) is 0 Å². The highest BCUT2D eigenvalue weighted by atomic mass is 19.1. The maximum atomic E-state index is 16.2. The molecule has 512 valence electrons.